The summed E-state index contributed by atoms with van der Waals surface area (Å²) in [7, 11) is 2.94. The number of methoxy groups -OCH3 is 2. The maximum absolute atomic E-state index is 11.5. The second kappa shape index (κ2) is 5.90. The number of ketones is 1. The molecule has 0 amide bonds. The second-order valence-electron chi connectivity index (χ2n) is 2.85. The Hall–Kier alpha value is -0.710. The molecule has 0 radical (unpaired) electrons. The molecular weight excluding hydrogens is 200 g/mol. The molecule has 0 saturated heterocycles. The van der Waals surface area contributed by atoms with Crippen LogP contribution in [0.25, 0.3) is 0 Å². The van der Waals surface area contributed by atoms with Crippen LogP contribution in [0.3, 0.4) is 0 Å². The maximum atomic E-state index is 11.5. The van der Waals surface area contributed by atoms with Crippen molar-refractivity contribution >= 4 is 17.1 Å². The van der Waals surface area contributed by atoms with Gasteiger partial charge in [0.05, 0.1) is 0 Å². The van der Waals surface area contributed by atoms with E-state index in [2.05, 4.69) is 0 Å². The maximum Gasteiger partial charge on any atom is 0.217 e. The molecule has 0 aliphatic rings. The first-order valence-electron chi connectivity index (χ1n) is 4.38. The highest BCUT2D eigenvalue weighted by Gasteiger charge is 2.15. The summed E-state index contributed by atoms with van der Waals surface area (Å²) >= 11 is 1.66. The van der Waals surface area contributed by atoms with Crippen molar-refractivity contribution in [3.8, 4) is 0 Å². The highest BCUT2D eigenvalue weighted by Crippen LogP contribution is 2.12. The van der Waals surface area contributed by atoms with Crippen molar-refractivity contribution in [2.45, 2.75) is 19.1 Å². The fraction of sp³-hybridized carbons (Fsp3) is 0.500. The van der Waals surface area contributed by atoms with Crippen LogP contribution in [0.4, 0.5) is 0 Å². The van der Waals surface area contributed by atoms with Gasteiger partial charge in [-0.05, 0) is 17.9 Å². The van der Waals surface area contributed by atoms with E-state index in [1.165, 1.54) is 19.1 Å². The van der Waals surface area contributed by atoms with Crippen LogP contribution in [-0.4, -0.2) is 26.3 Å². The van der Waals surface area contributed by atoms with E-state index in [4.69, 9.17) is 9.47 Å². The standard InChI is InChI=1S/C10H14O3S/c1-12-10(13-2)9(11)6-5-8-4-3-7-14-8/h3-4,7,10H,5-6H2,1-2H3. The van der Waals surface area contributed by atoms with Crippen LogP contribution in [0.15, 0.2) is 17.5 Å². The molecule has 0 spiro atoms. The second-order valence-corrected chi connectivity index (χ2v) is 3.88. The minimum absolute atomic E-state index is 0.0107. The van der Waals surface area contributed by atoms with Gasteiger partial charge in [-0.15, -0.1) is 11.3 Å². The first kappa shape index (κ1) is 11.4. The summed E-state index contributed by atoms with van der Waals surface area (Å²) in [5, 5.41) is 2.00. The lowest BCUT2D eigenvalue weighted by molar-refractivity contribution is -0.156. The Bertz CT molecular complexity index is 265. The van der Waals surface area contributed by atoms with Crippen molar-refractivity contribution in [1.29, 1.82) is 0 Å². The van der Waals surface area contributed by atoms with Crippen molar-refractivity contribution in [3.05, 3.63) is 22.4 Å². The Labute approximate surface area is 87.7 Å². The van der Waals surface area contributed by atoms with Gasteiger partial charge in [-0.3, -0.25) is 4.79 Å². The van der Waals surface area contributed by atoms with Gasteiger partial charge in [0.15, 0.2) is 5.78 Å². The third-order valence-corrected chi connectivity index (χ3v) is 2.83. The Morgan fingerprint density at radius 2 is 2.21 bits per heavy atom. The zero-order valence-electron chi connectivity index (χ0n) is 8.36. The molecule has 0 saturated carbocycles. The van der Waals surface area contributed by atoms with Crippen LogP contribution in [0.5, 0.6) is 0 Å². The Morgan fingerprint density at radius 3 is 2.71 bits per heavy atom. The summed E-state index contributed by atoms with van der Waals surface area (Å²) in [6.45, 7) is 0. The number of Topliss-reactive ketones (excluding diaryl/α,β-unsaturated/α-hetero) is 1. The first-order chi connectivity index (χ1) is 6.77. The zero-order chi connectivity index (χ0) is 10.4. The minimum atomic E-state index is -0.713. The van der Waals surface area contributed by atoms with E-state index < -0.39 is 6.29 Å². The number of aryl methyl sites for hydroxylation is 1. The van der Waals surface area contributed by atoms with E-state index in [1.807, 2.05) is 17.5 Å². The number of ether oxygens (including phenoxy) is 2. The topological polar surface area (TPSA) is 35.5 Å². The van der Waals surface area contributed by atoms with Gasteiger partial charge in [0, 0.05) is 25.5 Å². The molecule has 0 bridgehead atoms. The highest BCUT2D eigenvalue weighted by atomic mass is 32.1. The molecular formula is C10H14O3S. The van der Waals surface area contributed by atoms with Crippen molar-refractivity contribution < 1.29 is 14.3 Å². The fourth-order valence-electron chi connectivity index (χ4n) is 1.18. The van der Waals surface area contributed by atoms with E-state index in [0.717, 1.165) is 6.42 Å². The number of hydrogen-bond acceptors (Lipinski definition) is 4. The van der Waals surface area contributed by atoms with Crippen molar-refractivity contribution in [2.75, 3.05) is 14.2 Å². The molecule has 0 atom stereocenters. The molecule has 0 aromatic carbocycles. The molecule has 78 valence electrons. The largest absolute Gasteiger partial charge is 0.349 e. The van der Waals surface area contributed by atoms with Crippen LogP contribution in [0.1, 0.15) is 11.3 Å². The highest BCUT2D eigenvalue weighted by molar-refractivity contribution is 7.09. The lowest BCUT2D eigenvalue weighted by atomic mass is 10.2. The third-order valence-electron chi connectivity index (χ3n) is 1.89. The van der Waals surface area contributed by atoms with Gasteiger partial charge in [-0.1, -0.05) is 6.07 Å². The first-order valence-corrected chi connectivity index (χ1v) is 5.26. The van der Waals surface area contributed by atoms with Gasteiger partial charge in [-0.25, -0.2) is 0 Å². The van der Waals surface area contributed by atoms with Gasteiger partial charge < -0.3 is 9.47 Å². The van der Waals surface area contributed by atoms with Crippen molar-refractivity contribution in [1.82, 2.24) is 0 Å². The molecule has 14 heavy (non-hydrogen) atoms. The number of carbonyl (C=O) groups excluding carboxylic acids is 1. The summed E-state index contributed by atoms with van der Waals surface area (Å²) in [6, 6.07) is 4.00. The lowest BCUT2D eigenvalue weighted by Gasteiger charge is -2.10. The van der Waals surface area contributed by atoms with Crippen molar-refractivity contribution in [3.63, 3.8) is 0 Å². The summed E-state index contributed by atoms with van der Waals surface area (Å²) in [5.41, 5.74) is 0. The fourth-order valence-corrected chi connectivity index (χ4v) is 1.89. The van der Waals surface area contributed by atoms with Crippen LogP contribution < -0.4 is 0 Å². The molecule has 0 N–H and O–H groups in total. The van der Waals surface area contributed by atoms with E-state index in [0.29, 0.717) is 6.42 Å². The van der Waals surface area contributed by atoms with Gasteiger partial charge in [0.25, 0.3) is 0 Å². The van der Waals surface area contributed by atoms with Crippen LogP contribution in [0, 0.1) is 0 Å². The quantitative estimate of drug-likeness (QED) is 0.678. The number of hydrogen-bond donors (Lipinski definition) is 0. The zero-order valence-corrected chi connectivity index (χ0v) is 9.17. The molecule has 0 aliphatic carbocycles. The number of thiophene rings is 1. The molecule has 1 rings (SSSR count). The molecule has 1 heterocycles. The van der Waals surface area contributed by atoms with Crippen LogP contribution in [0.2, 0.25) is 0 Å². The monoisotopic (exact) mass is 214 g/mol. The lowest BCUT2D eigenvalue weighted by Crippen LogP contribution is -2.24. The average Bonchev–Trinajstić information content (AvgIpc) is 2.69. The normalized spacial score (nSPS) is 10.8. The molecule has 3 nitrogen and oxygen atoms in total. The summed E-state index contributed by atoms with van der Waals surface area (Å²) in [6.07, 6.45) is 0.516. The smallest absolute Gasteiger partial charge is 0.217 e. The van der Waals surface area contributed by atoms with Gasteiger partial charge in [0.1, 0.15) is 0 Å². The van der Waals surface area contributed by atoms with E-state index in [-0.39, 0.29) is 5.78 Å². The predicted octanol–water partition coefficient (Wildman–Crippen LogP) is 1.87. The van der Waals surface area contributed by atoms with Crippen LogP contribution in [-0.2, 0) is 20.7 Å². The molecule has 4 heteroatoms. The van der Waals surface area contributed by atoms with Gasteiger partial charge in [0.2, 0.25) is 6.29 Å². The van der Waals surface area contributed by atoms with Crippen LogP contribution >= 0.6 is 11.3 Å². The Balaban J connectivity index is 2.34. The number of carbonyl (C=O) groups is 1. The van der Waals surface area contributed by atoms with E-state index in [1.54, 1.807) is 11.3 Å². The van der Waals surface area contributed by atoms with Gasteiger partial charge >= 0.3 is 0 Å². The molecule has 1 aromatic rings. The van der Waals surface area contributed by atoms with Gasteiger partial charge in [-0.2, -0.15) is 0 Å². The summed E-state index contributed by atoms with van der Waals surface area (Å²) in [5.74, 6) is -0.0107. The Morgan fingerprint density at radius 1 is 1.50 bits per heavy atom. The van der Waals surface area contributed by atoms with E-state index in [9.17, 15) is 4.79 Å². The summed E-state index contributed by atoms with van der Waals surface area (Å²) in [4.78, 5) is 12.7. The predicted molar refractivity (Wildman–Crippen MR) is 55.5 cm³/mol. The van der Waals surface area contributed by atoms with E-state index >= 15 is 0 Å². The SMILES string of the molecule is COC(OC)C(=O)CCc1cccs1. The molecule has 0 unspecified atom stereocenters. The molecule has 0 fully saturated rings. The Kier molecular flexibility index (Phi) is 4.79. The minimum Gasteiger partial charge on any atom is -0.349 e. The number of rotatable bonds is 6. The average molecular weight is 214 g/mol. The third kappa shape index (κ3) is 3.21. The van der Waals surface area contributed by atoms with Crippen molar-refractivity contribution in [2.24, 2.45) is 0 Å². The summed E-state index contributed by atoms with van der Waals surface area (Å²) < 4.78 is 9.73. The molecule has 1 aromatic heterocycles. The molecule has 0 aliphatic heterocycles.